The van der Waals surface area contributed by atoms with Crippen molar-refractivity contribution in [2.24, 2.45) is 34.0 Å². The molecular formula is C31H44O5S. The van der Waals surface area contributed by atoms with E-state index in [0.29, 0.717) is 12.8 Å². The number of hydrogen-bond donors (Lipinski definition) is 1. The van der Waals surface area contributed by atoms with Crippen molar-refractivity contribution < 1.29 is 24.2 Å². The lowest BCUT2D eigenvalue weighted by Gasteiger charge is -2.61. The lowest BCUT2D eigenvalue weighted by atomic mass is 9.44. The predicted octanol–water partition coefficient (Wildman–Crippen LogP) is 6.26. The fourth-order valence-corrected chi connectivity index (χ4v) is 8.65. The SMILES string of the molecule is C=C[C@]1(C)C[C@@H](OC(=O)CSc2ccc(CC)c(OC)c2)[C@]2(C)C(C)CCC3(CCC(=O)C32)[C@@H](C)[C@@H]1O. The normalized spacial score (nSPS) is 39.3. The van der Waals surface area contributed by atoms with Crippen molar-refractivity contribution in [3.63, 3.8) is 0 Å². The third-order valence-electron chi connectivity index (χ3n) is 10.6. The van der Waals surface area contributed by atoms with Crippen LogP contribution in [0.25, 0.3) is 0 Å². The Kier molecular flexibility index (Phi) is 7.94. The lowest BCUT2D eigenvalue weighted by molar-refractivity contribution is -0.205. The number of ketones is 1. The second-order valence-corrected chi connectivity index (χ2v) is 13.2. The van der Waals surface area contributed by atoms with Gasteiger partial charge in [0.25, 0.3) is 0 Å². The molecule has 3 unspecified atom stereocenters. The molecule has 6 heteroatoms. The van der Waals surface area contributed by atoms with E-state index < -0.39 is 23.0 Å². The van der Waals surface area contributed by atoms with Crippen molar-refractivity contribution in [2.45, 2.75) is 90.2 Å². The van der Waals surface area contributed by atoms with E-state index in [0.717, 1.165) is 41.9 Å². The van der Waals surface area contributed by atoms with Crippen molar-refractivity contribution in [3.8, 4) is 5.75 Å². The number of ether oxygens (including phenoxy) is 2. The molecule has 0 amide bonds. The minimum Gasteiger partial charge on any atom is -0.496 e. The number of Topliss-reactive ketones (excluding diaryl/α,β-unsaturated/α-hetero) is 1. The molecular weight excluding hydrogens is 484 g/mol. The number of aliphatic hydroxyl groups is 1. The zero-order valence-electron chi connectivity index (χ0n) is 23.3. The van der Waals surface area contributed by atoms with Crippen molar-refractivity contribution in [3.05, 3.63) is 36.4 Å². The summed E-state index contributed by atoms with van der Waals surface area (Å²) in [5.74, 6) is 0.951. The van der Waals surface area contributed by atoms with Gasteiger partial charge in [0.05, 0.1) is 19.0 Å². The molecule has 0 aliphatic heterocycles. The largest absolute Gasteiger partial charge is 0.496 e. The zero-order chi connectivity index (χ0) is 27.2. The highest BCUT2D eigenvalue weighted by molar-refractivity contribution is 8.00. The molecule has 3 fully saturated rings. The highest BCUT2D eigenvalue weighted by Gasteiger charge is 2.68. The molecule has 3 aliphatic rings. The lowest BCUT2D eigenvalue weighted by Crippen LogP contribution is -2.63. The van der Waals surface area contributed by atoms with Crippen LogP contribution >= 0.6 is 11.8 Å². The van der Waals surface area contributed by atoms with Gasteiger partial charge in [-0.2, -0.15) is 0 Å². The molecule has 8 atom stereocenters. The van der Waals surface area contributed by atoms with E-state index in [1.807, 2.05) is 31.2 Å². The van der Waals surface area contributed by atoms with Gasteiger partial charge in [0, 0.05) is 28.1 Å². The van der Waals surface area contributed by atoms with Crippen LogP contribution in [0.2, 0.25) is 0 Å². The third kappa shape index (κ3) is 4.56. The van der Waals surface area contributed by atoms with E-state index in [1.165, 1.54) is 11.8 Å². The van der Waals surface area contributed by atoms with Gasteiger partial charge in [-0.15, -0.1) is 18.3 Å². The number of methoxy groups -OCH3 is 1. The van der Waals surface area contributed by atoms with Crippen molar-refractivity contribution in [1.82, 2.24) is 0 Å². The highest BCUT2D eigenvalue weighted by atomic mass is 32.2. The number of rotatable bonds is 7. The molecule has 1 N–H and O–H groups in total. The Balaban J connectivity index is 1.64. The Bertz CT molecular complexity index is 1050. The number of hydrogen-bond acceptors (Lipinski definition) is 6. The highest BCUT2D eigenvalue weighted by Crippen LogP contribution is 2.68. The van der Waals surface area contributed by atoms with Crippen LogP contribution < -0.4 is 4.74 Å². The van der Waals surface area contributed by atoms with E-state index in [9.17, 15) is 14.7 Å². The Morgan fingerprint density at radius 2 is 2.00 bits per heavy atom. The van der Waals surface area contributed by atoms with Gasteiger partial charge < -0.3 is 14.6 Å². The third-order valence-corrected chi connectivity index (χ3v) is 11.5. The Labute approximate surface area is 226 Å². The number of carbonyl (C=O) groups is 2. The van der Waals surface area contributed by atoms with Gasteiger partial charge in [0.15, 0.2) is 0 Å². The molecule has 4 rings (SSSR count). The summed E-state index contributed by atoms with van der Waals surface area (Å²) in [6.07, 6.45) is 5.27. The average molecular weight is 529 g/mol. The van der Waals surface area contributed by atoms with Crippen molar-refractivity contribution in [1.29, 1.82) is 0 Å². The van der Waals surface area contributed by atoms with Gasteiger partial charge in [-0.05, 0) is 67.1 Å². The fraction of sp³-hybridized carbons (Fsp3) is 0.677. The monoisotopic (exact) mass is 528 g/mol. The molecule has 3 aliphatic carbocycles. The van der Waals surface area contributed by atoms with E-state index in [1.54, 1.807) is 7.11 Å². The number of aryl methyl sites for hydroxylation is 1. The quantitative estimate of drug-likeness (QED) is 0.256. The van der Waals surface area contributed by atoms with Crippen molar-refractivity contribution >= 4 is 23.5 Å². The van der Waals surface area contributed by atoms with Gasteiger partial charge in [0.1, 0.15) is 17.6 Å². The van der Waals surface area contributed by atoms with E-state index in [2.05, 4.69) is 34.3 Å². The average Bonchev–Trinajstić information content (AvgIpc) is 3.25. The summed E-state index contributed by atoms with van der Waals surface area (Å²) in [4.78, 5) is 27.8. The summed E-state index contributed by atoms with van der Waals surface area (Å²) in [6.45, 7) is 14.7. The van der Waals surface area contributed by atoms with Crippen LogP contribution in [0.1, 0.15) is 72.3 Å². The maximum atomic E-state index is 13.5. The first kappa shape index (κ1) is 28.2. The summed E-state index contributed by atoms with van der Waals surface area (Å²) in [6, 6.07) is 6.02. The first-order valence-electron chi connectivity index (χ1n) is 13.8. The summed E-state index contributed by atoms with van der Waals surface area (Å²) in [7, 11) is 1.66. The molecule has 204 valence electrons. The summed E-state index contributed by atoms with van der Waals surface area (Å²) < 4.78 is 11.9. The fourth-order valence-electron chi connectivity index (χ4n) is 7.94. The van der Waals surface area contributed by atoms with Crippen LogP contribution in [-0.4, -0.2) is 41.9 Å². The number of benzene rings is 1. The molecule has 0 saturated heterocycles. The number of thioether (sulfide) groups is 1. The molecule has 0 spiro atoms. The molecule has 3 saturated carbocycles. The maximum absolute atomic E-state index is 13.5. The van der Waals surface area contributed by atoms with Gasteiger partial charge in [-0.3, -0.25) is 9.59 Å². The first-order chi connectivity index (χ1) is 17.5. The van der Waals surface area contributed by atoms with Crippen LogP contribution in [0.5, 0.6) is 5.75 Å². The molecule has 5 nitrogen and oxygen atoms in total. The maximum Gasteiger partial charge on any atom is 0.316 e. The topological polar surface area (TPSA) is 72.8 Å². The van der Waals surface area contributed by atoms with E-state index in [-0.39, 0.29) is 40.7 Å². The van der Waals surface area contributed by atoms with Crippen LogP contribution in [0.3, 0.4) is 0 Å². The van der Waals surface area contributed by atoms with Gasteiger partial charge in [-0.25, -0.2) is 0 Å². The number of esters is 1. The Morgan fingerprint density at radius 3 is 2.65 bits per heavy atom. The minimum absolute atomic E-state index is 0.0351. The minimum atomic E-state index is -0.656. The zero-order valence-corrected chi connectivity index (χ0v) is 24.2. The molecule has 1 aromatic rings. The number of aliphatic hydroxyl groups excluding tert-OH is 1. The number of carbonyl (C=O) groups excluding carboxylic acids is 2. The van der Waals surface area contributed by atoms with Crippen LogP contribution in [0.4, 0.5) is 0 Å². The predicted molar refractivity (Wildman–Crippen MR) is 148 cm³/mol. The molecule has 0 heterocycles. The summed E-state index contributed by atoms with van der Waals surface area (Å²) >= 11 is 1.43. The second-order valence-electron chi connectivity index (χ2n) is 12.2. The van der Waals surface area contributed by atoms with Crippen LogP contribution in [-0.2, 0) is 20.7 Å². The van der Waals surface area contributed by atoms with Crippen LogP contribution in [0.15, 0.2) is 35.7 Å². The van der Waals surface area contributed by atoms with Gasteiger partial charge in [0.2, 0.25) is 0 Å². The van der Waals surface area contributed by atoms with Gasteiger partial charge >= 0.3 is 5.97 Å². The molecule has 0 aromatic heterocycles. The Morgan fingerprint density at radius 1 is 1.27 bits per heavy atom. The summed E-state index contributed by atoms with van der Waals surface area (Å²) in [5, 5.41) is 11.6. The Hall–Kier alpha value is -1.79. The smallest absolute Gasteiger partial charge is 0.316 e. The van der Waals surface area contributed by atoms with Crippen molar-refractivity contribution in [2.75, 3.05) is 12.9 Å². The van der Waals surface area contributed by atoms with E-state index >= 15 is 0 Å². The van der Waals surface area contributed by atoms with E-state index in [4.69, 9.17) is 9.47 Å². The summed E-state index contributed by atoms with van der Waals surface area (Å²) in [5.41, 5.74) is -0.247. The first-order valence-corrected chi connectivity index (χ1v) is 14.8. The standard InChI is InChI=1S/C31H44O5S/c1-8-21-10-11-22(16-24(21)35-7)37-18-26(33)36-25-17-29(5,9-2)28(34)20(4)31-14-12-19(3)30(25,6)27(31)23(32)13-15-31/h9-11,16,19-20,25,27-28,34H,2,8,12-15,17-18H2,1,3-7H3/t19?,20-,25+,27?,28-,29+,30-,31?/m0/s1. The molecule has 1 aromatic carbocycles. The second kappa shape index (κ2) is 10.4. The van der Waals surface area contributed by atoms with Crippen LogP contribution in [0, 0.1) is 34.0 Å². The molecule has 37 heavy (non-hydrogen) atoms. The van der Waals surface area contributed by atoms with Gasteiger partial charge in [-0.1, -0.05) is 46.8 Å². The molecule has 2 bridgehead atoms. The molecule has 0 radical (unpaired) electrons.